The molecule has 0 saturated carbocycles. The maximum Gasteiger partial charge on any atom is 0.113 e. The van der Waals surface area contributed by atoms with E-state index in [1.807, 2.05) is 18.4 Å². The summed E-state index contributed by atoms with van der Waals surface area (Å²) < 4.78 is 5.31. The van der Waals surface area contributed by atoms with E-state index in [-0.39, 0.29) is 0 Å². The predicted octanol–water partition coefficient (Wildman–Crippen LogP) is 2.22. The van der Waals surface area contributed by atoms with E-state index in [2.05, 4.69) is 0 Å². The number of methoxy groups -OCH3 is 1. The fourth-order valence-electron chi connectivity index (χ4n) is 0.940. The third-order valence-electron chi connectivity index (χ3n) is 1.94. The molecule has 0 radical (unpaired) electrons. The monoisotopic (exact) mass is 205 g/mol. The van der Waals surface area contributed by atoms with Crippen molar-refractivity contribution >= 4 is 22.9 Å². The minimum atomic E-state index is -0.439. The third-order valence-corrected chi connectivity index (χ3v) is 3.52. The zero-order valence-corrected chi connectivity index (χ0v) is 8.71. The average Bonchev–Trinajstić information content (AvgIpc) is 2.51. The lowest BCUT2D eigenvalue weighted by Crippen LogP contribution is -2.33. The van der Waals surface area contributed by atoms with E-state index in [9.17, 15) is 0 Å². The maximum absolute atomic E-state index is 5.96. The van der Waals surface area contributed by atoms with Crippen molar-refractivity contribution in [3.8, 4) is 0 Å². The van der Waals surface area contributed by atoms with Gasteiger partial charge >= 0.3 is 0 Å². The molecule has 0 spiro atoms. The molecule has 2 N–H and O–H groups in total. The Labute approximate surface area is 81.3 Å². The number of rotatable bonds is 3. The molecule has 4 heteroatoms. The van der Waals surface area contributed by atoms with Gasteiger partial charge in [0.05, 0.1) is 9.90 Å². The first-order valence-corrected chi connectivity index (χ1v) is 4.88. The molecule has 2 nitrogen and oxygen atoms in total. The van der Waals surface area contributed by atoms with Gasteiger partial charge in [-0.05, 0) is 18.4 Å². The summed E-state index contributed by atoms with van der Waals surface area (Å²) in [4.78, 5) is 0.995. The van der Waals surface area contributed by atoms with E-state index in [0.29, 0.717) is 6.54 Å². The maximum atomic E-state index is 5.96. The van der Waals surface area contributed by atoms with Gasteiger partial charge in [-0.25, -0.2) is 0 Å². The van der Waals surface area contributed by atoms with Crippen molar-refractivity contribution < 1.29 is 4.74 Å². The SMILES string of the molecule is COC(C)(CN)c1sccc1Cl. The molecule has 68 valence electrons. The van der Waals surface area contributed by atoms with Crippen molar-refractivity contribution in [1.82, 2.24) is 0 Å². The lowest BCUT2D eigenvalue weighted by Gasteiger charge is -2.25. The highest BCUT2D eigenvalue weighted by atomic mass is 35.5. The first kappa shape index (κ1) is 9.99. The molecule has 0 aliphatic rings. The first-order valence-electron chi connectivity index (χ1n) is 3.62. The summed E-state index contributed by atoms with van der Waals surface area (Å²) in [6.07, 6.45) is 0. The predicted molar refractivity (Wildman–Crippen MR) is 52.7 cm³/mol. The highest BCUT2D eigenvalue weighted by Gasteiger charge is 2.27. The third kappa shape index (κ3) is 1.64. The molecule has 1 aromatic heterocycles. The van der Waals surface area contributed by atoms with Gasteiger partial charge in [-0.3, -0.25) is 0 Å². The summed E-state index contributed by atoms with van der Waals surface area (Å²) in [6, 6.07) is 1.86. The fourth-order valence-corrected chi connectivity index (χ4v) is 2.35. The van der Waals surface area contributed by atoms with Crippen molar-refractivity contribution in [3.63, 3.8) is 0 Å². The van der Waals surface area contributed by atoms with Crippen LogP contribution in [0.4, 0.5) is 0 Å². The van der Waals surface area contributed by atoms with Gasteiger partial charge in [0.25, 0.3) is 0 Å². The number of nitrogens with two attached hydrogens (primary N) is 1. The van der Waals surface area contributed by atoms with Gasteiger partial charge in [-0.1, -0.05) is 11.6 Å². The van der Waals surface area contributed by atoms with Crippen LogP contribution in [0.5, 0.6) is 0 Å². The fraction of sp³-hybridized carbons (Fsp3) is 0.500. The van der Waals surface area contributed by atoms with Gasteiger partial charge in [0.1, 0.15) is 5.60 Å². The molecule has 0 saturated heterocycles. The van der Waals surface area contributed by atoms with Crippen molar-refractivity contribution in [2.45, 2.75) is 12.5 Å². The van der Waals surface area contributed by atoms with Crippen LogP contribution >= 0.6 is 22.9 Å². The molecule has 0 amide bonds. The van der Waals surface area contributed by atoms with Crippen LogP contribution in [0.3, 0.4) is 0 Å². The normalized spacial score (nSPS) is 16.0. The first-order chi connectivity index (χ1) is 5.64. The standard InChI is InChI=1S/C8H12ClNOS/c1-8(5-10,11-2)7-6(9)3-4-12-7/h3-4H,5,10H2,1-2H3. The summed E-state index contributed by atoms with van der Waals surface area (Å²) in [5, 5.41) is 2.67. The second-order valence-corrected chi connectivity index (χ2v) is 4.06. The summed E-state index contributed by atoms with van der Waals surface area (Å²) in [5.74, 6) is 0. The number of thiophene rings is 1. The van der Waals surface area contributed by atoms with Crippen LogP contribution in [0.2, 0.25) is 5.02 Å². The summed E-state index contributed by atoms with van der Waals surface area (Å²) in [5.41, 5.74) is 5.16. The van der Waals surface area contributed by atoms with Gasteiger partial charge in [0.2, 0.25) is 0 Å². The summed E-state index contributed by atoms with van der Waals surface area (Å²) in [6.45, 7) is 2.37. The Balaban J connectivity index is 3.02. The largest absolute Gasteiger partial charge is 0.372 e. The van der Waals surface area contributed by atoms with Gasteiger partial charge < -0.3 is 10.5 Å². The van der Waals surface area contributed by atoms with Gasteiger partial charge in [-0.15, -0.1) is 11.3 Å². The second-order valence-electron chi connectivity index (χ2n) is 2.74. The van der Waals surface area contributed by atoms with E-state index in [4.69, 9.17) is 22.1 Å². The van der Waals surface area contributed by atoms with Crippen molar-refractivity contribution in [2.24, 2.45) is 5.73 Å². The van der Waals surface area contributed by atoms with E-state index in [1.54, 1.807) is 18.4 Å². The Kier molecular flexibility index (Phi) is 3.12. The Morgan fingerprint density at radius 1 is 1.75 bits per heavy atom. The van der Waals surface area contributed by atoms with E-state index in [1.165, 1.54) is 0 Å². The Bertz CT molecular complexity index is 257. The lowest BCUT2D eigenvalue weighted by molar-refractivity contribution is 0.0133. The number of ether oxygens (including phenoxy) is 1. The van der Waals surface area contributed by atoms with Gasteiger partial charge in [0.15, 0.2) is 0 Å². The minimum Gasteiger partial charge on any atom is -0.372 e. The van der Waals surface area contributed by atoms with Crippen molar-refractivity contribution in [1.29, 1.82) is 0 Å². The zero-order chi connectivity index (χ0) is 9.19. The van der Waals surface area contributed by atoms with Crippen LogP contribution in [0, 0.1) is 0 Å². The molecule has 1 rings (SSSR count). The second kappa shape index (κ2) is 3.75. The molecule has 1 aromatic rings. The molecular weight excluding hydrogens is 194 g/mol. The molecule has 1 unspecified atom stereocenters. The minimum absolute atomic E-state index is 0.434. The number of hydrogen-bond donors (Lipinski definition) is 1. The summed E-state index contributed by atoms with van der Waals surface area (Å²) >= 11 is 7.53. The zero-order valence-electron chi connectivity index (χ0n) is 7.13. The molecule has 12 heavy (non-hydrogen) atoms. The van der Waals surface area contributed by atoms with Crippen LogP contribution in [-0.4, -0.2) is 13.7 Å². The molecule has 1 atom stereocenters. The molecule has 0 aliphatic carbocycles. The van der Waals surface area contributed by atoms with Gasteiger partial charge in [0, 0.05) is 13.7 Å². The van der Waals surface area contributed by atoms with Crippen LogP contribution in [-0.2, 0) is 10.3 Å². The van der Waals surface area contributed by atoms with Crippen molar-refractivity contribution in [2.75, 3.05) is 13.7 Å². The van der Waals surface area contributed by atoms with Crippen LogP contribution in [0.25, 0.3) is 0 Å². The van der Waals surface area contributed by atoms with E-state index < -0.39 is 5.60 Å². The molecule has 0 aromatic carbocycles. The molecule has 0 fully saturated rings. The Morgan fingerprint density at radius 2 is 2.42 bits per heavy atom. The number of hydrogen-bond acceptors (Lipinski definition) is 3. The van der Waals surface area contributed by atoms with Gasteiger partial charge in [-0.2, -0.15) is 0 Å². The molecule has 0 aliphatic heterocycles. The van der Waals surface area contributed by atoms with E-state index >= 15 is 0 Å². The molecular formula is C8H12ClNOS. The topological polar surface area (TPSA) is 35.2 Å². The van der Waals surface area contributed by atoms with Crippen LogP contribution in [0.15, 0.2) is 11.4 Å². The quantitative estimate of drug-likeness (QED) is 0.822. The Morgan fingerprint density at radius 3 is 2.75 bits per heavy atom. The summed E-state index contributed by atoms with van der Waals surface area (Å²) in [7, 11) is 1.64. The van der Waals surface area contributed by atoms with Crippen molar-refractivity contribution in [3.05, 3.63) is 21.3 Å². The number of halogens is 1. The molecule has 1 heterocycles. The van der Waals surface area contributed by atoms with Crippen LogP contribution in [0.1, 0.15) is 11.8 Å². The highest BCUT2D eigenvalue weighted by molar-refractivity contribution is 7.10. The smallest absolute Gasteiger partial charge is 0.113 e. The highest BCUT2D eigenvalue weighted by Crippen LogP contribution is 2.34. The average molecular weight is 206 g/mol. The molecule has 0 bridgehead atoms. The van der Waals surface area contributed by atoms with E-state index in [0.717, 1.165) is 9.90 Å². The Hall–Kier alpha value is -0.0900. The lowest BCUT2D eigenvalue weighted by atomic mass is 10.1. The van der Waals surface area contributed by atoms with Crippen LogP contribution < -0.4 is 5.73 Å².